The maximum atomic E-state index is 13.4. The van der Waals surface area contributed by atoms with Crippen LogP contribution in [-0.2, 0) is 11.3 Å². The molecule has 1 aliphatic carbocycles. The van der Waals surface area contributed by atoms with E-state index in [1.807, 2.05) is 15.9 Å². The van der Waals surface area contributed by atoms with E-state index in [0.29, 0.717) is 25.4 Å². The zero-order valence-corrected chi connectivity index (χ0v) is 17.6. The number of carbonyl (C=O) groups excluding carboxylic acids is 2. The summed E-state index contributed by atoms with van der Waals surface area (Å²) in [4.78, 5) is 31.7. The van der Waals surface area contributed by atoms with Crippen LogP contribution in [0.1, 0.15) is 35.4 Å². The van der Waals surface area contributed by atoms with Gasteiger partial charge in [0.1, 0.15) is 5.82 Å². The summed E-state index contributed by atoms with van der Waals surface area (Å²) in [5, 5.41) is 0. The van der Waals surface area contributed by atoms with Crippen molar-refractivity contribution in [3.8, 4) is 0 Å². The Labute approximate surface area is 181 Å². The van der Waals surface area contributed by atoms with Crippen LogP contribution in [0.2, 0.25) is 0 Å². The number of piperazine rings is 1. The van der Waals surface area contributed by atoms with Crippen LogP contribution >= 0.6 is 0 Å². The summed E-state index contributed by atoms with van der Waals surface area (Å²) in [6, 6.07) is 10.1. The summed E-state index contributed by atoms with van der Waals surface area (Å²) in [7, 11) is 0. The molecule has 2 aliphatic heterocycles. The maximum Gasteiger partial charge on any atom is 0.289 e. The smallest absolute Gasteiger partial charge is 0.289 e. The number of piperidine rings is 1. The highest BCUT2D eigenvalue weighted by Crippen LogP contribution is 2.60. The number of benzene rings is 1. The van der Waals surface area contributed by atoms with Crippen molar-refractivity contribution in [1.82, 2.24) is 14.7 Å². The quantitative estimate of drug-likeness (QED) is 0.756. The molecule has 2 amide bonds. The van der Waals surface area contributed by atoms with Gasteiger partial charge in [-0.3, -0.25) is 14.5 Å². The van der Waals surface area contributed by atoms with Gasteiger partial charge in [0, 0.05) is 51.7 Å². The zero-order chi connectivity index (χ0) is 21.4. The molecule has 3 heterocycles. The predicted octanol–water partition coefficient (Wildman–Crippen LogP) is 3.01. The van der Waals surface area contributed by atoms with Crippen molar-refractivity contribution in [2.24, 2.45) is 11.3 Å². The monoisotopic (exact) mass is 425 g/mol. The molecule has 1 aromatic heterocycles. The lowest BCUT2D eigenvalue weighted by Crippen LogP contribution is -2.49. The van der Waals surface area contributed by atoms with Crippen molar-refractivity contribution in [3.05, 3.63) is 59.8 Å². The topological polar surface area (TPSA) is 57.0 Å². The average molecular weight is 426 g/mol. The normalized spacial score (nSPS) is 23.2. The minimum Gasteiger partial charge on any atom is -0.459 e. The fraction of sp³-hybridized carbons (Fsp3) is 0.500. The van der Waals surface area contributed by atoms with Crippen LogP contribution < -0.4 is 0 Å². The number of hydrogen-bond donors (Lipinski definition) is 0. The van der Waals surface area contributed by atoms with Gasteiger partial charge in [0.05, 0.1) is 6.26 Å². The molecule has 0 bridgehead atoms. The first-order valence-electron chi connectivity index (χ1n) is 11.1. The van der Waals surface area contributed by atoms with E-state index < -0.39 is 0 Å². The Kier molecular flexibility index (Phi) is 5.30. The number of rotatable bonds is 4. The largest absolute Gasteiger partial charge is 0.459 e. The van der Waals surface area contributed by atoms with Crippen LogP contribution in [0.3, 0.4) is 0 Å². The van der Waals surface area contributed by atoms with E-state index in [4.69, 9.17) is 4.42 Å². The molecule has 3 aliphatic rings. The third-order valence-corrected chi connectivity index (χ3v) is 7.25. The molecule has 3 fully saturated rings. The van der Waals surface area contributed by atoms with Gasteiger partial charge in [0.2, 0.25) is 5.91 Å². The highest BCUT2D eigenvalue weighted by atomic mass is 19.1. The second kappa shape index (κ2) is 8.11. The van der Waals surface area contributed by atoms with Gasteiger partial charge in [-0.2, -0.15) is 0 Å². The number of likely N-dealkylation sites (tertiary alicyclic amines) is 1. The third kappa shape index (κ3) is 4.11. The third-order valence-electron chi connectivity index (χ3n) is 7.25. The minimum atomic E-state index is -0.206. The molecule has 1 spiro atoms. The van der Waals surface area contributed by atoms with Gasteiger partial charge in [-0.15, -0.1) is 0 Å². The molecular weight excluding hydrogens is 397 g/mol. The second-order valence-electron chi connectivity index (χ2n) is 9.12. The van der Waals surface area contributed by atoms with Crippen LogP contribution in [0.4, 0.5) is 4.39 Å². The lowest BCUT2D eigenvalue weighted by Gasteiger charge is -2.36. The fourth-order valence-corrected chi connectivity index (χ4v) is 5.20. The number of hydrogen-bond acceptors (Lipinski definition) is 4. The standard InChI is InChI=1S/C24H28FN3O3/c25-19-4-1-3-18(15-19)17-26-10-12-28(13-11-26)22(29)20-16-24(20)6-8-27(9-7-24)23(30)21-5-2-14-31-21/h1-5,14-15,20H,6-13,16-17H2. The number of furan rings is 1. The molecule has 1 atom stereocenters. The Bertz CT molecular complexity index is 945. The molecule has 7 heteroatoms. The summed E-state index contributed by atoms with van der Waals surface area (Å²) in [6.07, 6.45) is 4.23. The molecule has 1 aromatic carbocycles. The van der Waals surface area contributed by atoms with E-state index in [0.717, 1.165) is 51.0 Å². The van der Waals surface area contributed by atoms with Gasteiger partial charge in [-0.1, -0.05) is 12.1 Å². The number of carbonyl (C=O) groups is 2. The Hall–Kier alpha value is -2.67. The fourth-order valence-electron chi connectivity index (χ4n) is 5.20. The van der Waals surface area contributed by atoms with Crippen molar-refractivity contribution in [2.75, 3.05) is 39.3 Å². The van der Waals surface area contributed by atoms with E-state index in [1.54, 1.807) is 24.3 Å². The van der Waals surface area contributed by atoms with Crippen molar-refractivity contribution < 1.29 is 18.4 Å². The SMILES string of the molecule is O=C(c1ccco1)N1CCC2(CC1)CC2C(=O)N1CCN(Cc2cccc(F)c2)CC1. The molecule has 31 heavy (non-hydrogen) atoms. The molecule has 1 saturated carbocycles. The van der Waals surface area contributed by atoms with Crippen molar-refractivity contribution in [3.63, 3.8) is 0 Å². The first-order valence-corrected chi connectivity index (χ1v) is 11.1. The van der Waals surface area contributed by atoms with E-state index in [9.17, 15) is 14.0 Å². The van der Waals surface area contributed by atoms with Gasteiger partial charge in [-0.25, -0.2) is 4.39 Å². The van der Waals surface area contributed by atoms with E-state index in [1.165, 1.54) is 12.3 Å². The summed E-state index contributed by atoms with van der Waals surface area (Å²) in [5.41, 5.74) is 1.05. The highest BCUT2D eigenvalue weighted by Gasteiger charge is 2.59. The van der Waals surface area contributed by atoms with Crippen LogP contribution in [0.5, 0.6) is 0 Å². The Morgan fingerprint density at radius 1 is 1.00 bits per heavy atom. The van der Waals surface area contributed by atoms with Crippen LogP contribution in [0, 0.1) is 17.2 Å². The van der Waals surface area contributed by atoms with Crippen molar-refractivity contribution >= 4 is 11.8 Å². The average Bonchev–Trinajstić information content (AvgIpc) is 3.20. The first kappa shape index (κ1) is 20.2. The molecule has 6 nitrogen and oxygen atoms in total. The number of amides is 2. The van der Waals surface area contributed by atoms with Gasteiger partial charge in [-0.05, 0) is 54.5 Å². The number of halogens is 1. The molecule has 2 saturated heterocycles. The Morgan fingerprint density at radius 2 is 1.77 bits per heavy atom. The van der Waals surface area contributed by atoms with Gasteiger partial charge >= 0.3 is 0 Å². The first-order chi connectivity index (χ1) is 15.0. The van der Waals surface area contributed by atoms with Crippen LogP contribution in [0.25, 0.3) is 0 Å². The van der Waals surface area contributed by atoms with Crippen molar-refractivity contribution in [2.45, 2.75) is 25.8 Å². The van der Waals surface area contributed by atoms with Gasteiger partial charge in [0.15, 0.2) is 5.76 Å². The summed E-state index contributed by atoms with van der Waals surface area (Å²) in [6.45, 7) is 5.16. The summed E-state index contributed by atoms with van der Waals surface area (Å²) < 4.78 is 18.6. The Morgan fingerprint density at radius 3 is 2.45 bits per heavy atom. The summed E-state index contributed by atoms with van der Waals surface area (Å²) in [5.74, 6) is 0.495. The minimum absolute atomic E-state index is 0.0576. The maximum absolute atomic E-state index is 13.4. The second-order valence-corrected chi connectivity index (χ2v) is 9.12. The lowest BCUT2D eigenvalue weighted by atomic mass is 9.90. The van der Waals surface area contributed by atoms with E-state index in [-0.39, 0.29) is 29.0 Å². The Balaban J connectivity index is 1.10. The van der Waals surface area contributed by atoms with Gasteiger partial charge < -0.3 is 14.2 Å². The molecular formula is C24H28FN3O3. The van der Waals surface area contributed by atoms with E-state index in [2.05, 4.69) is 4.90 Å². The predicted molar refractivity (Wildman–Crippen MR) is 113 cm³/mol. The molecule has 0 N–H and O–H groups in total. The molecule has 0 radical (unpaired) electrons. The number of nitrogens with zero attached hydrogens (tertiary/aromatic N) is 3. The summed E-state index contributed by atoms with van der Waals surface area (Å²) >= 11 is 0. The van der Waals surface area contributed by atoms with E-state index >= 15 is 0 Å². The molecule has 164 valence electrons. The highest BCUT2D eigenvalue weighted by molar-refractivity contribution is 5.91. The van der Waals surface area contributed by atoms with Crippen LogP contribution in [-0.4, -0.2) is 65.8 Å². The van der Waals surface area contributed by atoms with Gasteiger partial charge in [0.25, 0.3) is 5.91 Å². The lowest BCUT2D eigenvalue weighted by molar-refractivity contribution is -0.135. The zero-order valence-electron chi connectivity index (χ0n) is 17.6. The molecule has 2 aromatic rings. The van der Waals surface area contributed by atoms with Crippen molar-refractivity contribution in [1.29, 1.82) is 0 Å². The molecule has 5 rings (SSSR count). The molecule has 1 unspecified atom stereocenters. The van der Waals surface area contributed by atoms with Crippen LogP contribution in [0.15, 0.2) is 47.1 Å².